The minimum absolute atomic E-state index is 0.157. The quantitative estimate of drug-likeness (QED) is 0.162. The normalized spacial score (nSPS) is 15.0. The van der Waals surface area contributed by atoms with Gasteiger partial charge in [-0.25, -0.2) is 4.99 Å². The summed E-state index contributed by atoms with van der Waals surface area (Å²) in [4.78, 5) is 20.9. The number of amides is 1. The molecule has 6 rings (SSSR count). The Morgan fingerprint density at radius 2 is 1.57 bits per heavy atom. The molecule has 1 heterocycles. The van der Waals surface area contributed by atoms with E-state index < -0.39 is 0 Å². The molecule has 5 aromatic rings. The molecule has 0 aromatic heterocycles. The second-order valence-electron chi connectivity index (χ2n) is 10.5. The maximum Gasteiger partial charge on any atom is 0.271 e. The van der Waals surface area contributed by atoms with Gasteiger partial charge in [0.1, 0.15) is 6.61 Å². The summed E-state index contributed by atoms with van der Waals surface area (Å²) in [5, 5.41) is 3.27. The van der Waals surface area contributed by atoms with E-state index in [4.69, 9.17) is 26.1 Å². The molecule has 0 atom stereocenters. The highest BCUT2D eigenvalue weighted by Gasteiger charge is 2.35. The molecule has 5 nitrogen and oxygen atoms in total. The van der Waals surface area contributed by atoms with Crippen molar-refractivity contribution in [1.29, 1.82) is 0 Å². The number of aliphatic imine (C=N–C) groups is 1. The summed E-state index contributed by atoms with van der Waals surface area (Å²) >= 11 is 8.13. The minimum Gasteiger partial charge on any atom is -0.490 e. The van der Waals surface area contributed by atoms with Gasteiger partial charge in [0.2, 0.25) is 0 Å². The van der Waals surface area contributed by atoms with Crippen LogP contribution in [0, 0.1) is 13.8 Å². The number of carbonyl (C=O) groups excluding carboxylic acids is 1. The van der Waals surface area contributed by atoms with Gasteiger partial charge in [-0.3, -0.25) is 9.69 Å². The summed E-state index contributed by atoms with van der Waals surface area (Å²) in [5.41, 5.74) is 5.57. The van der Waals surface area contributed by atoms with Gasteiger partial charge in [0, 0.05) is 0 Å². The van der Waals surface area contributed by atoms with Crippen LogP contribution in [0.15, 0.2) is 113 Å². The SMILES string of the molecule is CCOc1cc(/C=C2\SC(=Nc3ccc(C)cc3)N(c3ccc(C)cc3)C2=O)cc(Cl)c1OCc1cccc2ccccc12. The zero-order valence-electron chi connectivity index (χ0n) is 24.7. The van der Waals surface area contributed by atoms with Gasteiger partial charge in [0.25, 0.3) is 5.91 Å². The summed E-state index contributed by atoms with van der Waals surface area (Å²) in [6.07, 6.45) is 1.83. The Bertz CT molecular complexity index is 1890. The molecule has 0 spiro atoms. The number of carbonyl (C=O) groups is 1. The molecule has 44 heavy (non-hydrogen) atoms. The third-order valence-corrected chi connectivity index (χ3v) is 8.49. The first-order chi connectivity index (χ1) is 21.4. The molecule has 1 saturated heterocycles. The maximum absolute atomic E-state index is 13.8. The largest absolute Gasteiger partial charge is 0.490 e. The van der Waals surface area contributed by atoms with E-state index in [-0.39, 0.29) is 5.91 Å². The number of aryl methyl sites for hydroxylation is 2. The van der Waals surface area contributed by atoms with Crippen molar-refractivity contribution in [2.45, 2.75) is 27.4 Å². The van der Waals surface area contributed by atoms with Crippen LogP contribution >= 0.6 is 23.4 Å². The second-order valence-corrected chi connectivity index (χ2v) is 11.9. The number of nitrogens with zero attached hydrogens (tertiary/aromatic N) is 2. The average Bonchev–Trinajstić information content (AvgIpc) is 3.32. The Morgan fingerprint density at radius 1 is 0.864 bits per heavy atom. The van der Waals surface area contributed by atoms with Gasteiger partial charge in [-0.2, -0.15) is 0 Å². The highest BCUT2D eigenvalue weighted by atomic mass is 35.5. The van der Waals surface area contributed by atoms with Gasteiger partial charge in [-0.15, -0.1) is 0 Å². The number of rotatable bonds is 8. The second kappa shape index (κ2) is 13.0. The van der Waals surface area contributed by atoms with E-state index in [1.54, 1.807) is 11.0 Å². The molecule has 7 heteroatoms. The Labute approximate surface area is 266 Å². The van der Waals surface area contributed by atoms with E-state index in [1.807, 2.05) is 106 Å². The van der Waals surface area contributed by atoms with Crippen LogP contribution in [0.25, 0.3) is 16.8 Å². The summed E-state index contributed by atoms with van der Waals surface area (Å²) in [6.45, 7) is 6.73. The minimum atomic E-state index is -0.157. The summed E-state index contributed by atoms with van der Waals surface area (Å²) in [5.74, 6) is 0.832. The molecule has 0 aliphatic carbocycles. The third-order valence-electron chi connectivity index (χ3n) is 7.24. The first-order valence-electron chi connectivity index (χ1n) is 14.4. The molecular weight excluding hydrogens is 588 g/mol. The molecule has 1 amide bonds. The molecule has 1 aliphatic heterocycles. The lowest BCUT2D eigenvalue weighted by Crippen LogP contribution is -2.28. The van der Waals surface area contributed by atoms with Gasteiger partial charge in [-0.1, -0.05) is 89.5 Å². The number of thioether (sulfide) groups is 1. The molecular formula is C37H31ClN2O3S. The first kappa shape index (κ1) is 29.5. The number of halogens is 1. The lowest BCUT2D eigenvalue weighted by atomic mass is 10.1. The van der Waals surface area contributed by atoms with Crippen LogP contribution in [0.1, 0.15) is 29.2 Å². The van der Waals surface area contributed by atoms with E-state index >= 15 is 0 Å². The Hall–Kier alpha value is -4.52. The summed E-state index contributed by atoms with van der Waals surface area (Å²) < 4.78 is 12.2. The van der Waals surface area contributed by atoms with E-state index in [9.17, 15) is 4.79 Å². The topological polar surface area (TPSA) is 51.1 Å². The van der Waals surface area contributed by atoms with E-state index in [0.717, 1.165) is 44.4 Å². The van der Waals surface area contributed by atoms with Crippen molar-refractivity contribution in [3.63, 3.8) is 0 Å². The van der Waals surface area contributed by atoms with Crippen LogP contribution in [-0.2, 0) is 11.4 Å². The Morgan fingerprint density at radius 3 is 2.32 bits per heavy atom. The van der Waals surface area contributed by atoms with Gasteiger partial charge in [-0.05, 0) is 96.9 Å². The standard InChI is InChI=1S/C37H31ClN2O3S/c1-4-42-33-21-26(20-32(38)35(33)43-23-28-10-7-9-27-8-5-6-11-31(27)28)22-34-36(41)40(30-18-14-25(3)15-19-30)37(44-34)39-29-16-12-24(2)13-17-29/h5-22H,4,23H2,1-3H3/b34-22-,39-37?. The van der Waals surface area contributed by atoms with Crippen molar-refractivity contribution in [3.05, 3.63) is 135 Å². The van der Waals surface area contributed by atoms with Crippen molar-refractivity contribution >= 4 is 62.7 Å². The van der Waals surface area contributed by atoms with Crippen molar-refractivity contribution in [2.75, 3.05) is 11.5 Å². The Balaban J connectivity index is 1.33. The fraction of sp³-hybridized carbons (Fsp3) is 0.135. The predicted octanol–water partition coefficient (Wildman–Crippen LogP) is 9.90. The predicted molar refractivity (Wildman–Crippen MR) is 183 cm³/mol. The number of hydrogen-bond acceptors (Lipinski definition) is 5. The number of anilines is 1. The highest BCUT2D eigenvalue weighted by Crippen LogP contribution is 2.41. The molecule has 220 valence electrons. The lowest BCUT2D eigenvalue weighted by Gasteiger charge is -2.16. The molecule has 0 saturated carbocycles. The number of benzene rings is 5. The smallest absolute Gasteiger partial charge is 0.271 e. The van der Waals surface area contributed by atoms with Crippen LogP contribution in [0.3, 0.4) is 0 Å². The summed E-state index contributed by atoms with van der Waals surface area (Å²) in [7, 11) is 0. The van der Waals surface area contributed by atoms with Gasteiger partial charge in [0.05, 0.1) is 27.9 Å². The molecule has 0 N–H and O–H groups in total. The van der Waals surface area contributed by atoms with E-state index in [1.165, 1.54) is 11.8 Å². The zero-order valence-corrected chi connectivity index (χ0v) is 26.3. The van der Waals surface area contributed by atoms with Crippen LogP contribution in [0.2, 0.25) is 5.02 Å². The number of amidine groups is 1. The van der Waals surface area contributed by atoms with Crippen molar-refractivity contribution in [3.8, 4) is 11.5 Å². The molecule has 0 unspecified atom stereocenters. The van der Waals surface area contributed by atoms with E-state index in [0.29, 0.717) is 39.8 Å². The summed E-state index contributed by atoms with van der Waals surface area (Å²) in [6, 6.07) is 33.8. The third kappa shape index (κ3) is 6.37. The van der Waals surface area contributed by atoms with Gasteiger partial charge < -0.3 is 9.47 Å². The maximum atomic E-state index is 13.8. The molecule has 1 fully saturated rings. The molecule has 1 aliphatic rings. The highest BCUT2D eigenvalue weighted by molar-refractivity contribution is 8.19. The van der Waals surface area contributed by atoms with Crippen LogP contribution < -0.4 is 14.4 Å². The monoisotopic (exact) mass is 618 g/mol. The molecule has 0 bridgehead atoms. The van der Waals surface area contributed by atoms with Crippen LogP contribution in [-0.4, -0.2) is 17.7 Å². The van der Waals surface area contributed by atoms with Gasteiger partial charge in [0.15, 0.2) is 16.7 Å². The molecule has 5 aromatic carbocycles. The molecule has 0 radical (unpaired) electrons. The number of fused-ring (bicyclic) bond motifs is 1. The average molecular weight is 619 g/mol. The van der Waals surface area contributed by atoms with Crippen molar-refractivity contribution in [2.24, 2.45) is 4.99 Å². The number of ether oxygens (including phenoxy) is 2. The first-order valence-corrected chi connectivity index (χ1v) is 15.6. The van der Waals surface area contributed by atoms with E-state index in [2.05, 4.69) is 18.2 Å². The van der Waals surface area contributed by atoms with Crippen molar-refractivity contribution in [1.82, 2.24) is 0 Å². The van der Waals surface area contributed by atoms with Crippen LogP contribution in [0.4, 0.5) is 11.4 Å². The van der Waals surface area contributed by atoms with Crippen molar-refractivity contribution < 1.29 is 14.3 Å². The lowest BCUT2D eigenvalue weighted by molar-refractivity contribution is -0.113. The number of hydrogen-bond donors (Lipinski definition) is 0. The fourth-order valence-corrected chi connectivity index (χ4v) is 6.27. The fourth-order valence-electron chi connectivity index (χ4n) is 4.99. The zero-order chi connectivity index (χ0) is 30.6. The van der Waals surface area contributed by atoms with Crippen LogP contribution in [0.5, 0.6) is 11.5 Å². The Kier molecular flexibility index (Phi) is 8.73. The van der Waals surface area contributed by atoms with Gasteiger partial charge >= 0.3 is 0 Å².